The second-order valence-electron chi connectivity index (χ2n) is 7.50. The van der Waals surface area contributed by atoms with Crippen LogP contribution in [0.25, 0.3) is 10.9 Å². The summed E-state index contributed by atoms with van der Waals surface area (Å²) in [6.45, 7) is 0.993. The van der Waals surface area contributed by atoms with Crippen LogP contribution in [0.4, 0.5) is 0 Å². The Balaban J connectivity index is 1.86. The van der Waals surface area contributed by atoms with Crippen molar-refractivity contribution in [3.63, 3.8) is 0 Å². The predicted octanol–water partition coefficient (Wildman–Crippen LogP) is 1.79. The van der Waals surface area contributed by atoms with E-state index in [0.29, 0.717) is 55.4 Å². The minimum absolute atomic E-state index is 0.179. The fourth-order valence-electron chi connectivity index (χ4n) is 3.94. The summed E-state index contributed by atoms with van der Waals surface area (Å²) in [7, 11) is 1.37. The maximum absolute atomic E-state index is 13.3. The first-order valence-corrected chi connectivity index (χ1v) is 11.4. The normalized spacial score (nSPS) is 15.9. The molecule has 3 rings (SSSR count). The van der Waals surface area contributed by atoms with Gasteiger partial charge in [-0.2, -0.15) is 11.8 Å². The summed E-state index contributed by atoms with van der Waals surface area (Å²) < 4.78 is 5.80. The van der Waals surface area contributed by atoms with Crippen molar-refractivity contribution in [1.82, 2.24) is 14.5 Å². The number of benzene rings is 1. The highest BCUT2D eigenvalue weighted by Crippen LogP contribution is 2.24. The molecule has 1 N–H and O–H groups in total. The second-order valence-corrected chi connectivity index (χ2v) is 8.48. The smallest absolute Gasteiger partial charge is 0.329 e. The van der Waals surface area contributed by atoms with Crippen molar-refractivity contribution in [3.05, 3.63) is 45.1 Å². The van der Waals surface area contributed by atoms with Crippen molar-refractivity contribution in [2.75, 3.05) is 32.2 Å². The largest absolute Gasteiger partial charge is 0.469 e. The van der Waals surface area contributed by atoms with Gasteiger partial charge in [0.25, 0.3) is 5.56 Å². The minimum Gasteiger partial charge on any atom is -0.469 e. The number of hydrogen-bond acceptors (Lipinski definition) is 6. The van der Waals surface area contributed by atoms with Crippen LogP contribution in [0, 0.1) is 5.92 Å². The summed E-state index contributed by atoms with van der Waals surface area (Å²) in [4.78, 5) is 55.1. The predicted molar refractivity (Wildman–Crippen MR) is 117 cm³/mol. The van der Waals surface area contributed by atoms with Gasteiger partial charge in [0.2, 0.25) is 5.91 Å². The van der Waals surface area contributed by atoms with E-state index in [1.807, 2.05) is 6.26 Å². The topological polar surface area (TPSA) is 101 Å². The Labute approximate surface area is 178 Å². The van der Waals surface area contributed by atoms with E-state index in [-0.39, 0.29) is 17.8 Å². The molecule has 8 nitrogen and oxygen atoms in total. The lowest BCUT2D eigenvalue weighted by Crippen LogP contribution is -2.48. The zero-order valence-corrected chi connectivity index (χ0v) is 18.1. The summed E-state index contributed by atoms with van der Waals surface area (Å²) >= 11 is 1.56. The van der Waals surface area contributed by atoms with E-state index in [9.17, 15) is 19.2 Å². The molecule has 0 radical (unpaired) electrons. The standard InChI is InChI=1S/C21H27N3O5S/c1-29-18(25)13-14-7-10-23(11-8-14)20(27)17(9-12-30-2)24-19(26)15-5-3-4-6-16(15)22-21(24)28/h3-6,14,17H,7-13H2,1-2H3,(H,22,28)/t17-/m0/s1. The van der Waals surface area contributed by atoms with Gasteiger partial charge < -0.3 is 14.6 Å². The number of H-pyrrole nitrogens is 1. The number of amides is 1. The van der Waals surface area contributed by atoms with Gasteiger partial charge >= 0.3 is 11.7 Å². The molecular formula is C21H27N3O5S. The van der Waals surface area contributed by atoms with Crippen molar-refractivity contribution >= 4 is 34.5 Å². The lowest BCUT2D eigenvalue weighted by atomic mass is 9.93. The molecular weight excluding hydrogens is 406 g/mol. The van der Waals surface area contributed by atoms with E-state index < -0.39 is 17.3 Å². The molecule has 1 amide bonds. The number of piperidine rings is 1. The van der Waals surface area contributed by atoms with Crippen LogP contribution < -0.4 is 11.2 Å². The zero-order chi connectivity index (χ0) is 21.7. The first-order chi connectivity index (χ1) is 14.5. The van der Waals surface area contributed by atoms with Gasteiger partial charge in [-0.1, -0.05) is 12.1 Å². The molecule has 9 heteroatoms. The molecule has 1 aromatic heterocycles. The molecule has 2 heterocycles. The molecule has 30 heavy (non-hydrogen) atoms. The molecule has 162 valence electrons. The Morgan fingerprint density at radius 1 is 1.23 bits per heavy atom. The first-order valence-electron chi connectivity index (χ1n) is 10.0. The second kappa shape index (κ2) is 9.97. The van der Waals surface area contributed by atoms with Gasteiger partial charge in [0, 0.05) is 19.5 Å². The number of carbonyl (C=O) groups excluding carboxylic acids is 2. The van der Waals surface area contributed by atoms with E-state index in [1.165, 1.54) is 7.11 Å². The van der Waals surface area contributed by atoms with Crippen LogP contribution in [0.1, 0.15) is 31.7 Å². The lowest BCUT2D eigenvalue weighted by Gasteiger charge is -2.34. The van der Waals surface area contributed by atoms with Crippen LogP contribution in [0.2, 0.25) is 0 Å². The molecule has 2 aromatic rings. The van der Waals surface area contributed by atoms with Crippen molar-refractivity contribution < 1.29 is 14.3 Å². The molecule has 0 saturated carbocycles. The highest BCUT2D eigenvalue weighted by Gasteiger charge is 2.31. The van der Waals surface area contributed by atoms with Gasteiger partial charge in [-0.25, -0.2) is 9.36 Å². The number of aromatic amines is 1. The van der Waals surface area contributed by atoms with E-state index in [0.717, 1.165) is 4.57 Å². The molecule has 0 unspecified atom stereocenters. The molecule has 1 atom stereocenters. The lowest BCUT2D eigenvalue weighted by molar-refractivity contribution is -0.142. The van der Waals surface area contributed by atoms with Gasteiger partial charge in [-0.3, -0.25) is 14.4 Å². The van der Waals surface area contributed by atoms with E-state index in [4.69, 9.17) is 4.74 Å². The van der Waals surface area contributed by atoms with Crippen LogP contribution in [0.5, 0.6) is 0 Å². The van der Waals surface area contributed by atoms with Crippen LogP contribution in [-0.4, -0.2) is 58.5 Å². The van der Waals surface area contributed by atoms with Crippen molar-refractivity contribution in [1.29, 1.82) is 0 Å². The Bertz CT molecular complexity index is 1020. The molecule has 1 aliphatic rings. The van der Waals surface area contributed by atoms with E-state index >= 15 is 0 Å². The number of para-hydroxylation sites is 1. The van der Waals surface area contributed by atoms with Gasteiger partial charge in [0.1, 0.15) is 6.04 Å². The summed E-state index contributed by atoms with van der Waals surface area (Å²) in [5.74, 6) is 0.363. The third-order valence-electron chi connectivity index (χ3n) is 5.64. The Morgan fingerprint density at radius 3 is 2.60 bits per heavy atom. The minimum atomic E-state index is -0.851. The Hall–Kier alpha value is -2.55. The molecule has 0 spiro atoms. The fourth-order valence-corrected chi connectivity index (χ4v) is 4.40. The van der Waals surface area contributed by atoms with E-state index in [2.05, 4.69) is 4.98 Å². The number of esters is 1. The number of ether oxygens (including phenoxy) is 1. The number of aromatic nitrogens is 2. The summed E-state index contributed by atoms with van der Waals surface area (Å²) in [6, 6.07) is 5.95. The number of carbonyl (C=O) groups is 2. The van der Waals surface area contributed by atoms with Crippen LogP contribution >= 0.6 is 11.8 Å². The highest BCUT2D eigenvalue weighted by atomic mass is 32.2. The van der Waals surface area contributed by atoms with Crippen molar-refractivity contribution in [3.8, 4) is 0 Å². The Morgan fingerprint density at radius 2 is 1.93 bits per heavy atom. The third-order valence-corrected chi connectivity index (χ3v) is 6.28. The fraction of sp³-hybridized carbons (Fsp3) is 0.524. The number of nitrogens with zero attached hydrogens (tertiary/aromatic N) is 2. The zero-order valence-electron chi connectivity index (χ0n) is 17.3. The van der Waals surface area contributed by atoms with Crippen molar-refractivity contribution in [2.24, 2.45) is 5.92 Å². The average molecular weight is 434 g/mol. The maximum atomic E-state index is 13.3. The van der Waals surface area contributed by atoms with Crippen molar-refractivity contribution in [2.45, 2.75) is 31.7 Å². The van der Waals surface area contributed by atoms with Gasteiger partial charge in [-0.05, 0) is 49.3 Å². The number of methoxy groups -OCH3 is 1. The molecule has 1 fully saturated rings. The van der Waals surface area contributed by atoms with Gasteiger partial charge in [0.15, 0.2) is 0 Å². The molecule has 1 saturated heterocycles. The van der Waals surface area contributed by atoms with Crippen LogP contribution in [0.3, 0.4) is 0 Å². The number of likely N-dealkylation sites (tertiary alicyclic amines) is 1. The molecule has 0 bridgehead atoms. The van der Waals surface area contributed by atoms with Gasteiger partial charge in [0.05, 0.1) is 18.0 Å². The number of rotatable bonds is 7. The van der Waals surface area contributed by atoms with Crippen LogP contribution in [0.15, 0.2) is 33.9 Å². The first kappa shape index (κ1) is 22.1. The number of thioether (sulfide) groups is 1. The summed E-state index contributed by atoms with van der Waals surface area (Å²) in [5.41, 5.74) is -0.559. The van der Waals surface area contributed by atoms with E-state index in [1.54, 1.807) is 40.9 Å². The summed E-state index contributed by atoms with van der Waals surface area (Å²) in [6.07, 6.45) is 4.05. The summed E-state index contributed by atoms with van der Waals surface area (Å²) in [5, 5.41) is 0.385. The SMILES string of the molecule is COC(=O)CC1CCN(C(=O)[C@H](CCSC)n2c(=O)[nH]c3ccccc3c2=O)CC1. The number of nitrogens with one attached hydrogen (secondary N) is 1. The number of hydrogen-bond donors (Lipinski definition) is 1. The Kier molecular flexibility index (Phi) is 7.36. The monoisotopic (exact) mass is 433 g/mol. The average Bonchev–Trinajstić information content (AvgIpc) is 2.76. The number of fused-ring (bicyclic) bond motifs is 1. The highest BCUT2D eigenvalue weighted by molar-refractivity contribution is 7.98. The molecule has 1 aliphatic heterocycles. The molecule has 0 aliphatic carbocycles. The van der Waals surface area contributed by atoms with Crippen LogP contribution in [-0.2, 0) is 14.3 Å². The van der Waals surface area contributed by atoms with Gasteiger partial charge in [-0.15, -0.1) is 0 Å². The molecule has 1 aromatic carbocycles. The maximum Gasteiger partial charge on any atom is 0.329 e. The third kappa shape index (κ3) is 4.77. The quantitative estimate of drug-likeness (QED) is 0.668.